The summed E-state index contributed by atoms with van der Waals surface area (Å²) in [5, 5.41) is 10.3. The molecule has 22 heavy (non-hydrogen) atoms. The third kappa shape index (κ3) is 3.87. The number of hydrogen-bond acceptors (Lipinski definition) is 3. The first-order valence-electron chi connectivity index (χ1n) is 7.99. The van der Waals surface area contributed by atoms with Crippen molar-refractivity contribution < 1.29 is 5.11 Å². The summed E-state index contributed by atoms with van der Waals surface area (Å²) in [5.74, 6) is 0.293. The van der Waals surface area contributed by atoms with Gasteiger partial charge in [-0.1, -0.05) is 42.5 Å². The first kappa shape index (κ1) is 15.1. The van der Waals surface area contributed by atoms with Crippen molar-refractivity contribution in [3.8, 4) is 0 Å². The van der Waals surface area contributed by atoms with Crippen LogP contribution in [0.25, 0.3) is 0 Å². The van der Waals surface area contributed by atoms with Gasteiger partial charge in [0.2, 0.25) is 0 Å². The second-order valence-electron chi connectivity index (χ2n) is 6.28. The Morgan fingerprint density at radius 3 is 2.45 bits per heavy atom. The van der Waals surface area contributed by atoms with E-state index in [1.165, 1.54) is 11.1 Å². The zero-order chi connectivity index (χ0) is 15.4. The summed E-state index contributed by atoms with van der Waals surface area (Å²) in [6, 6.07) is 18.6. The van der Waals surface area contributed by atoms with E-state index in [0.29, 0.717) is 5.92 Å². The van der Waals surface area contributed by atoms with Gasteiger partial charge in [-0.05, 0) is 36.1 Å². The minimum Gasteiger partial charge on any atom is -0.399 e. The summed E-state index contributed by atoms with van der Waals surface area (Å²) in [6.07, 6.45) is 1.56. The van der Waals surface area contributed by atoms with Gasteiger partial charge >= 0.3 is 0 Å². The maximum Gasteiger partial charge on any atom is 0.0596 e. The molecule has 1 heterocycles. The molecule has 1 fully saturated rings. The number of anilines is 1. The van der Waals surface area contributed by atoms with Crippen LogP contribution in [0.3, 0.4) is 0 Å². The second-order valence-corrected chi connectivity index (χ2v) is 6.28. The normalized spacial score (nSPS) is 22.6. The number of rotatable bonds is 4. The summed E-state index contributed by atoms with van der Waals surface area (Å²) in [4.78, 5) is 2.45. The number of hydrogen-bond donors (Lipinski definition) is 2. The number of aliphatic hydroxyl groups is 1. The van der Waals surface area contributed by atoms with Crippen molar-refractivity contribution in [2.75, 3.05) is 18.8 Å². The lowest BCUT2D eigenvalue weighted by Gasteiger charge is -2.36. The van der Waals surface area contributed by atoms with Gasteiger partial charge in [0.25, 0.3) is 0 Å². The van der Waals surface area contributed by atoms with Crippen LogP contribution in [0.2, 0.25) is 0 Å². The molecule has 0 bridgehead atoms. The molecule has 2 aromatic carbocycles. The zero-order valence-corrected chi connectivity index (χ0v) is 12.9. The van der Waals surface area contributed by atoms with Crippen molar-refractivity contribution in [1.29, 1.82) is 0 Å². The van der Waals surface area contributed by atoms with Crippen LogP contribution >= 0.6 is 0 Å². The first-order chi connectivity index (χ1) is 10.7. The van der Waals surface area contributed by atoms with E-state index in [2.05, 4.69) is 41.3 Å². The Balaban J connectivity index is 1.62. The maximum absolute atomic E-state index is 10.3. The number of aliphatic hydroxyl groups excluding tert-OH is 1. The summed E-state index contributed by atoms with van der Waals surface area (Å²) in [5.41, 5.74) is 9.12. The lowest BCUT2D eigenvalue weighted by Crippen LogP contribution is -2.43. The molecule has 3 N–H and O–H groups in total. The fraction of sp³-hybridized carbons (Fsp3) is 0.368. The van der Waals surface area contributed by atoms with E-state index in [4.69, 9.17) is 5.73 Å². The van der Waals surface area contributed by atoms with E-state index in [0.717, 1.165) is 38.2 Å². The molecule has 1 aliphatic rings. The van der Waals surface area contributed by atoms with Crippen LogP contribution in [-0.2, 0) is 13.0 Å². The molecule has 2 unspecified atom stereocenters. The van der Waals surface area contributed by atoms with Gasteiger partial charge in [-0.2, -0.15) is 0 Å². The molecule has 0 aromatic heterocycles. The Kier molecular flexibility index (Phi) is 4.76. The Labute approximate surface area is 132 Å². The molecular weight excluding hydrogens is 272 g/mol. The highest BCUT2D eigenvalue weighted by atomic mass is 16.3. The summed E-state index contributed by atoms with van der Waals surface area (Å²) < 4.78 is 0. The SMILES string of the molecule is Nc1ccc(CC2CN(Cc3ccccc3)CCC2O)cc1. The molecule has 0 radical (unpaired) electrons. The average Bonchev–Trinajstić information content (AvgIpc) is 2.54. The molecule has 3 nitrogen and oxygen atoms in total. The predicted molar refractivity (Wildman–Crippen MR) is 90.4 cm³/mol. The van der Waals surface area contributed by atoms with Gasteiger partial charge in [0.1, 0.15) is 0 Å². The minimum absolute atomic E-state index is 0.204. The van der Waals surface area contributed by atoms with Crippen molar-refractivity contribution in [3.05, 3.63) is 65.7 Å². The van der Waals surface area contributed by atoms with Crippen LogP contribution < -0.4 is 5.73 Å². The second kappa shape index (κ2) is 6.95. The quantitative estimate of drug-likeness (QED) is 0.853. The zero-order valence-electron chi connectivity index (χ0n) is 12.9. The molecule has 116 valence electrons. The highest BCUT2D eigenvalue weighted by molar-refractivity contribution is 5.39. The topological polar surface area (TPSA) is 49.5 Å². The molecule has 0 spiro atoms. The molecule has 0 amide bonds. The highest BCUT2D eigenvalue weighted by Gasteiger charge is 2.27. The van der Waals surface area contributed by atoms with E-state index < -0.39 is 0 Å². The van der Waals surface area contributed by atoms with Crippen LogP contribution in [0.15, 0.2) is 54.6 Å². The van der Waals surface area contributed by atoms with Crippen LogP contribution in [0.4, 0.5) is 5.69 Å². The standard InChI is InChI=1S/C19H24N2O/c20-18-8-6-15(7-9-18)12-17-14-21(11-10-19(17)22)13-16-4-2-1-3-5-16/h1-9,17,19,22H,10-14,20H2. The molecule has 3 rings (SSSR count). The first-order valence-corrected chi connectivity index (χ1v) is 7.99. The Bertz CT molecular complexity index is 582. The maximum atomic E-state index is 10.3. The molecule has 1 aliphatic heterocycles. The predicted octanol–water partition coefficient (Wildman–Crippen LogP) is 2.69. The molecule has 0 saturated carbocycles. The van der Waals surface area contributed by atoms with Crippen molar-refractivity contribution in [2.24, 2.45) is 5.92 Å². The summed E-state index contributed by atoms with van der Waals surface area (Å²) in [6.45, 7) is 2.88. The number of likely N-dealkylation sites (tertiary alicyclic amines) is 1. The third-order valence-electron chi connectivity index (χ3n) is 4.50. The van der Waals surface area contributed by atoms with Gasteiger partial charge in [0.15, 0.2) is 0 Å². The number of benzene rings is 2. The molecule has 2 aromatic rings. The van der Waals surface area contributed by atoms with Crippen molar-refractivity contribution >= 4 is 5.69 Å². The summed E-state index contributed by atoms with van der Waals surface area (Å²) in [7, 11) is 0. The van der Waals surface area contributed by atoms with Gasteiger partial charge in [-0.3, -0.25) is 4.90 Å². The van der Waals surface area contributed by atoms with Gasteiger partial charge in [0, 0.05) is 31.2 Å². The van der Waals surface area contributed by atoms with Gasteiger partial charge in [-0.15, -0.1) is 0 Å². The number of nitrogens with two attached hydrogens (primary N) is 1. The monoisotopic (exact) mass is 296 g/mol. The van der Waals surface area contributed by atoms with Gasteiger partial charge in [-0.25, -0.2) is 0 Å². The Hall–Kier alpha value is -1.84. The Morgan fingerprint density at radius 1 is 1.00 bits per heavy atom. The highest BCUT2D eigenvalue weighted by Crippen LogP contribution is 2.23. The molecule has 3 heteroatoms. The molecular formula is C19H24N2O. The largest absolute Gasteiger partial charge is 0.399 e. The van der Waals surface area contributed by atoms with Gasteiger partial charge < -0.3 is 10.8 Å². The molecule has 1 saturated heterocycles. The smallest absolute Gasteiger partial charge is 0.0596 e. The summed E-state index contributed by atoms with van der Waals surface area (Å²) >= 11 is 0. The lowest BCUT2D eigenvalue weighted by molar-refractivity contribution is 0.0239. The van der Waals surface area contributed by atoms with E-state index in [1.54, 1.807) is 0 Å². The van der Waals surface area contributed by atoms with Crippen molar-refractivity contribution in [3.63, 3.8) is 0 Å². The minimum atomic E-state index is -0.204. The fourth-order valence-corrected chi connectivity index (χ4v) is 3.24. The van der Waals surface area contributed by atoms with E-state index in [9.17, 15) is 5.11 Å². The van der Waals surface area contributed by atoms with E-state index in [-0.39, 0.29) is 6.10 Å². The number of nitrogens with zero attached hydrogens (tertiary/aromatic N) is 1. The molecule has 0 aliphatic carbocycles. The fourth-order valence-electron chi connectivity index (χ4n) is 3.24. The van der Waals surface area contributed by atoms with E-state index >= 15 is 0 Å². The third-order valence-corrected chi connectivity index (χ3v) is 4.50. The van der Waals surface area contributed by atoms with Crippen molar-refractivity contribution in [2.45, 2.75) is 25.5 Å². The van der Waals surface area contributed by atoms with Crippen LogP contribution in [0, 0.1) is 5.92 Å². The van der Waals surface area contributed by atoms with Crippen LogP contribution in [0.5, 0.6) is 0 Å². The van der Waals surface area contributed by atoms with Crippen molar-refractivity contribution in [1.82, 2.24) is 4.90 Å². The van der Waals surface area contributed by atoms with Crippen LogP contribution in [-0.4, -0.2) is 29.2 Å². The van der Waals surface area contributed by atoms with Gasteiger partial charge in [0.05, 0.1) is 6.10 Å². The Morgan fingerprint density at radius 2 is 1.73 bits per heavy atom. The average molecular weight is 296 g/mol. The number of nitrogen functional groups attached to an aromatic ring is 1. The van der Waals surface area contributed by atoms with E-state index in [1.807, 2.05) is 18.2 Å². The lowest BCUT2D eigenvalue weighted by atomic mass is 9.88. The molecule has 2 atom stereocenters. The number of piperidine rings is 1. The van der Waals surface area contributed by atoms with Crippen LogP contribution in [0.1, 0.15) is 17.5 Å².